The van der Waals surface area contributed by atoms with Gasteiger partial charge in [0.2, 0.25) is 0 Å². The Morgan fingerprint density at radius 2 is 1.64 bits per heavy atom. The lowest BCUT2D eigenvalue weighted by molar-refractivity contribution is -0.120. The van der Waals surface area contributed by atoms with Gasteiger partial charge in [0.1, 0.15) is 0 Å². The number of nitrogens with zero attached hydrogens (tertiary/aromatic N) is 1. The van der Waals surface area contributed by atoms with Gasteiger partial charge >= 0.3 is 0 Å². The van der Waals surface area contributed by atoms with Crippen LogP contribution in [0.25, 0.3) is 16.8 Å². The molecule has 0 radical (unpaired) electrons. The number of carbonyl (C=O) groups excluding carboxylic acids is 2. The van der Waals surface area contributed by atoms with Crippen LogP contribution in [0.4, 0.5) is 0 Å². The van der Waals surface area contributed by atoms with Crippen molar-refractivity contribution < 1.29 is 9.59 Å². The molecule has 0 aliphatic heterocycles. The number of carbonyl (C=O) groups is 2. The molecule has 0 aliphatic carbocycles. The Kier molecular flexibility index (Phi) is 6.31. The Labute approximate surface area is 163 Å². The van der Waals surface area contributed by atoms with E-state index in [1.165, 1.54) is 0 Å². The van der Waals surface area contributed by atoms with Crippen molar-refractivity contribution in [3.63, 3.8) is 0 Å². The molecule has 140 valence electrons. The highest BCUT2D eigenvalue weighted by Crippen LogP contribution is 2.18. The van der Waals surface area contributed by atoms with Crippen LogP contribution in [-0.2, 0) is 4.79 Å². The number of hydrogen-bond donors (Lipinski definition) is 2. The molecule has 0 saturated heterocycles. The molecule has 2 N–H and O–H groups in total. The average molecular weight is 371 g/mol. The number of rotatable bonds is 6. The first-order chi connectivity index (χ1) is 13.6. The third-order valence-electron chi connectivity index (χ3n) is 4.12. The summed E-state index contributed by atoms with van der Waals surface area (Å²) < 4.78 is 0. The van der Waals surface area contributed by atoms with E-state index in [0.717, 1.165) is 16.3 Å². The molecule has 0 atom stereocenters. The number of allylic oxidation sites excluding steroid dienone is 1. The molecule has 0 bridgehead atoms. The molecule has 28 heavy (non-hydrogen) atoms. The summed E-state index contributed by atoms with van der Waals surface area (Å²) in [6, 6.07) is 22.9. The molecule has 0 fully saturated rings. The normalized spacial score (nSPS) is 11.5. The molecule has 2 amide bonds. The molecule has 5 nitrogen and oxygen atoms in total. The van der Waals surface area contributed by atoms with Gasteiger partial charge in [-0.05, 0) is 35.4 Å². The number of hydrazone groups is 1. The first-order valence-corrected chi connectivity index (χ1v) is 8.96. The SMILES string of the molecule is CC(C=Cc1ccccc1)=NNC(=O)CNC(=O)c1cccc2ccccc12. The Hall–Kier alpha value is -3.73. The van der Waals surface area contributed by atoms with Gasteiger partial charge in [-0.3, -0.25) is 9.59 Å². The van der Waals surface area contributed by atoms with Crippen LogP contribution >= 0.6 is 0 Å². The van der Waals surface area contributed by atoms with E-state index < -0.39 is 0 Å². The van der Waals surface area contributed by atoms with Crippen molar-refractivity contribution in [3.8, 4) is 0 Å². The van der Waals surface area contributed by atoms with Gasteiger partial charge in [-0.15, -0.1) is 0 Å². The van der Waals surface area contributed by atoms with Crippen molar-refractivity contribution in [3.05, 3.63) is 90.0 Å². The predicted molar refractivity (Wildman–Crippen MR) is 113 cm³/mol. The molecule has 0 spiro atoms. The van der Waals surface area contributed by atoms with Crippen molar-refractivity contribution >= 4 is 34.4 Å². The van der Waals surface area contributed by atoms with Crippen molar-refractivity contribution in [2.75, 3.05) is 6.54 Å². The van der Waals surface area contributed by atoms with Crippen molar-refractivity contribution in [1.82, 2.24) is 10.7 Å². The molecular weight excluding hydrogens is 350 g/mol. The lowest BCUT2D eigenvalue weighted by Gasteiger charge is -2.07. The molecule has 0 saturated carbocycles. The van der Waals surface area contributed by atoms with Crippen LogP contribution < -0.4 is 10.7 Å². The predicted octanol–water partition coefficient (Wildman–Crippen LogP) is 3.78. The van der Waals surface area contributed by atoms with Gasteiger partial charge in [0.25, 0.3) is 11.8 Å². The molecule has 3 aromatic carbocycles. The number of benzene rings is 3. The Bertz CT molecular complexity index is 1030. The van der Waals surface area contributed by atoms with Crippen LogP contribution in [0, 0.1) is 0 Å². The largest absolute Gasteiger partial charge is 0.343 e. The second-order valence-corrected chi connectivity index (χ2v) is 6.24. The number of hydrogen-bond acceptors (Lipinski definition) is 3. The van der Waals surface area contributed by atoms with Crippen LogP contribution in [-0.4, -0.2) is 24.1 Å². The highest BCUT2D eigenvalue weighted by Gasteiger charge is 2.10. The summed E-state index contributed by atoms with van der Waals surface area (Å²) in [7, 11) is 0. The van der Waals surface area contributed by atoms with Gasteiger partial charge in [-0.2, -0.15) is 5.10 Å². The molecule has 5 heteroatoms. The molecular formula is C23H21N3O2. The highest BCUT2D eigenvalue weighted by molar-refractivity contribution is 6.07. The topological polar surface area (TPSA) is 70.6 Å². The fourth-order valence-electron chi connectivity index (χ4n) is 2.69. The van der Waals surface area contributed by atoms with Crippen molar-refractivity contribution in [1.29, 1.82) is 0 Å². The maximum Gasteiger partial charge on any atom is 0.259 e. The minimum atomic E-state index is -0.388. The third-order valence-corrected chi connectivity index (χ3v) is 4.12. The van der Waals surface area contributed by atoms with E-state index in [0.29, 0.717) is 11.3 Å². The smallest absolute Gasteiger partial charge is 0.259 e. The Morgan fingerprint density at radius 1 is 0.929 bits per heavy atom. The van der Waals surface area contributed by atoms with Crippen molar-refractivity contribution in [2.45, 2.75) is 6.92 Å². The summed E-state index contributed by atoms with van der Waals surface area (Å²) in [5, 5.41) is 8.48. The monoisotopic (exact) mass is 371 g/mol. The lowest BCUT2D eigenvalue weighted by Crippen LogP contribution is -2.35. The van der Waals surface area contributed by atoms with Crippen LogP contribution in [0.2, 0.25) is 0 Å². The van der Waals surface area contributed by atoms with Gasteiger partial charge < -0.3 is 5.32 Å². The molecule has 0 unspecified atom stereocenters. The minimum Gasteiger partial charge on any atom is -0.343 e. The maximum atomic E-state index is 12.4. The second-order valence-electron chi connectivity index (χ2n) is 6.24. The standard InChI is InChI=1S/C23H21N3O2/c1-17(14-15-18-8-3-2-4-9-18)25-26-22(27)16-24-23(28)21-13-7-11-19-10-5-6-12-20(19)21/h2-15H,16H2,1H3,(H,24,28)(H,26,27). The Morgan fingerprint density at radius 3 is 2.46 bits per heavy atom. The summed E-state index contributed by atoms with van der Waals surface area (Å²) in [5.41, 5.74) is 4.68. The number of amides is 2. The van der Waals surface area contributed by atoms with E-state index in [4.69, 9.17) is 0 Å². The van der Waals surface area contributed by atoms with Crippen LogP contribution in [0.5, 0.6) is 0 Å². The average Bonchev–Trinajstić information content (AvgIpc) is 2.74. The molecule has 0 aliphatic rings. The zero-order valence-electron chi connectivity index (χ0n) is 15.6. The summed E-state index contributed by atoms with van der Waals surface area (Å²) in [6.45, 7) is 1.63. The summed E-state index contributed by atoms with van der Waals surface area (Å²) >= 11 is 0. The molecule has 0 aromatic heterocycles. The molecule has 3 aromatic rings. The zero-order valence-corrected chi connectivity index (χ0v) is 15.6. The summed E-state index contributed by atoms with van der Waals surface area (Å²) in [5.74, 6) is -0.683. The van der Waals surface area contributed by atoms with E-state index in [2.05, 4.69) is 15.8 Å². The molecule has 3 rings (SSSR count). The van der Waals surface area contributed by atoms with E-state index in [-0.39, 0.29) is 18.4 Å². The summed E-state index contributed by atoms with van der Waals surface area (Å²) in [6.07, 6.45) is 3.72. The van der Waals surface area contributed by atoms with Crippen LogP contribution in [0.1, 0.15) is 22.8 Å². The van der Waals surface area contributed by atoms with Gasteiger partial charge in [-0.25, -0.2) is 5.43 Å². The van der Waals surface area contributed by atoms with Crippen LogP contribution in [0.3, 0.4) is 0 Å². The van der Waals surface area contributed by atoms with Gasteiger partial charge in [-0.1, -0.05) is 72.8 Å². The lowest BCUT2D eigenvalue weighted by atomic mass is 10.0. The Balaban J connectivity index is 1.53. The summed E-state index contributed by atoms with van der Waals surface area (Å²) in [4.78, 5) is 24.4. The van der Waals surface area contributed by atoms with Crippen molar-refractivity contribution in [2.24, 2.45) is 5.10 Å². The quantitative estimate of drug-likeness (QED) is 0.511. The van der Waals surface area contributed by atoms with E-state index in [9.17, 15) is 9.59 Å². The minimum absolute atomic E-state index is 0.152. The second kappa shape index (κ2) is 9.28. The first kappa shape index (κ1) is 19.0. The van der Waals surface area contributed by atoms with E-state index in [1.54, 1.807) is 13.0 Å². The number of fused-ring (bicyclic) bond motifs is 1. The molecule has 0 heterocycles. The zero-order chi connectivity index (χ0) is 19.8. The van der Waals surface area contributed by atoms with Gasteiger partial charge in [0.05, 0.1) is 12.3 Å². The number of nitrogens with one attached hydrogen (secondary N) is 2. The van der Waals surface area contributed by atoms with Gasteiger partial charge in [0, 0.05) is 5.56 Å². The van der Waals surface area contributed by atoms with E-state index >= 15 is 0 Å². The third kappa shape index (κ3) is 5.14. The highest BCUT2D eigenvalue weighted by atomic mass is 16.2. The van der Waals surface area contributed by atoms with E-state index in [1.807, 2.05) is 78.9 Å². The van der Waals surface area contributed by atoms with Gasteiger partial charge in [0.15, 0.2) is 0 Å². The first-order valence-electron chi connectivity index (χ1n) is 8.96. The fraction of sp³-hybridized carbons (Fsp3) is 0.0870. The van der Waals surface area contributed by atoms with Crippen LogP contribution in [0.15, 0.2) is 84.0 Å². The maximum absolute atomic E-state index is 12.4. The fourth-order valence-corrected chi connectivity index (χ4v) is 2.69.